The average Bonchev–Trinajstić information content (AvgIpc) is 3.28. The van der Waals surface area contributed by atoms with Crippen LogP contribution in [0.15, 0.2) is 182 Å². The van der Waals surface area contributed by atoms with Crippen LogP contribution in [0.5, 0.6) is 0 Å². The monoisotopic (exact) mass is 758 g/mol. The summed E-state index contributed by atoms with van der Waals surface area (Å²) < 4.78 is 0. The molecule has 0 amide bonds. The normalized spacial score (nSPS) is 12.5. The van der Waals surface area contributed by atoms with Crippen LogP contribution < -0.4 is 21.3 Å². The van der Waals surface area contributed by atoms with Crippen molar-refractivity contribution in [3.63, 3.8) is 0 Å². The molecule has 0 heterocycles. The topological polar surface area (TPSA) is 58.5 Å². The Morgan fingerprint density at radius 1 is 0.362 bits per heavy atom. The fourth-order valence-corrected chi connectivity index (χ4v) is 7.52. The van der Waals surface area contributed by atoms with Crippen LogP contribution in [0.25, 0.3) is 24.3 Å². The van der Waals surface area contributed by atoms with Crippen molar-refractivity contribution in [2.45, 2.75) is 51.6 Å². The predicted octanol–water partition coefficient (Wildman–Crippen LogP) is 14.6. The van der Waals surface area contributed by atoms with E-state index in [9.17, 15) is 0 Å². The molecule has 0 aliphatic rings. The van der Waals surface area contributed by atoms with Gasteiger partial charge in [0.25, 0.3) is 0 Å². The fourth-order valence-electron chi connectivity index (χ4n) is 7.52. The maximum absolute atomic E-state index is 6.69. The van der Waals surface area contributed by atoms with Gasteiger partial charge in [-0.25, -0.2) is 0 Å². The number of nitrogens with two attached hydrogens (primary N) is 2. The third-order valence-electron chi connectivity index (χ3n) is 10.6. The number of rotatable bonds is 16. The van der Waals surface area contributed by atoms with Crippen molar-refractivity contribution in [1.29, 1.82) is 0 Å². The largest absolute Gasteiger partial charge is 0.324 e. The summed E-state index contributed by atoms with van der Waals surface area (Å²) in [5.41, 5.74) is 26.9. The summed E-state index contributed by atoms with van der Waals surface area (Å²) >= 11 is 0. The lowest BCUT2D eigenvalue weighted by Crippen LogP contribution is -2.17. The van der Waals surface area contributed by atoms with Gasteiger partial charge >= 0.3 is 0 Å². The summed E-state index contributed by atoms with van der Waals surface area (Å²) in [6, 6.07) is 64.2. The van der Waals surface area contributed by atoms with Crippen molar-refractivity contribution in [3.05, 3.63) is 215 Å². The Morgan fingerprint density at radius 2 is 0.638 bits per heavy atom. The van der Waals surface area contributed by atoms with Crippen LogP contribution in [-0.2, 0) is 0 Å². The molecule has 0 saturated carbocycles. The molecule has 7 aromatic carbocycles. The molecule has 4 heteroatoms. The second-order valence-electron chi connectivity index (χ2n) is 14.8. The molecule has 7 rings (SSSR count). The maximum atomic E-state index is 6.69. The molecule has 4 N–H and O–H groups in total. The van der Waals surface area contributed by atoms with Crippen LogP contribution >= 0.6 is 0 Å². The van der Waals surface area contributed by atoms with Crippen molar-refractivity contribution in [1.82, 2.24) is 0 Å². The molecule has 4 nitrogen and oxygen atoms in total. The van der Waals surface area contributed by atoms with Gasteiger partial charge in [-0.3, -0.25) is 0 Å². The standard InChI is InChI=1S/C54H54N4/c1-3-15-51(55)49-21-11-13-23-53(49)57(45-17-7-5-8-18-45)47-37-33-43(34-38-47)31-29-41-25-27-42(28-26-41)30-32-44-35-39-48(40-36-44)58(46-19-9-6-10-20-46)54-24-14-12-22-50(54)52(56)16-4-2/h5-14,17-40,51-52H,3-4,15-16,55-56H2,1-2H3/b31-29+,32-30+. The lowest BCUT2D eigenvalue weighted by Gasteiger charge is -2.29. The van der Waals surface area contributed by atoms with Crippen molar-refractivity contribution in [2.75, 3.05) is 9.80 Å². The van der Waals surface area contributed by atoms with E-state index in [-0.39, 0.29) is 12.1 Å². The molecule has 58 heavy (non-hydrogen) atoms. The van der Waals surface area contributed by atoms with E-state index in [1.54, 1.807) is 0 Å². The van der Waals surface area contributed by atoms with Gasteiger partial charge in [-0.1, -0.05) is 172 Å². The molecule has 0 saturated heterocycles. The Bertz CT molecular complexity index is 2210. The van der Waals surface area contributed by atoms with Crippen molar-refractivity contribution in [3.8, 4) is 0 Å². The van der Waals surface area contributed by atoms with Crippen molar-refractivity contribution < 1.29 is 0 Å². The fraction of sp³-hybridized carbons (Fsp3) is 0.148. The van der Waals surface area contributed by atoms with Gasteiger partial charge in [0.1, 0.15) is 0 Å². The van der Waals surface area contributed by atoms with Crippen LogP contribution in [-0.4, -0.2) is 0 Å². The molecule has 2 atom stereocenters. The third kappa shape index (κ3) is 9.73. The number of para-hydroxylation sites is 4. The van der Waals surface area contributed by atoms with Gasteiger partial charge in [0.15, 0.2) is 0 Å². The Morgan fingerprint density at radius 3 is 0.966 bits per heavy atom. The van der Waals surface area contributed by atoms with E-state index in [4.69, 9.17) is 11.5 Å². The molecule has 2 unspecified atom stereocenters. The highest BCUT2D eigenvalue weighted by Crippen LogP contribution is 2.40. The highest BCUT2D eigenvalue weighted by molar-refractivity contribution is 5.82. The maximum Gasteiger partial charge on any atom is 0.0509 e. The van der Waals surface area contributed by atoms with Gasteiger partial charge in [0.05, 0.1) is 11.4 Å². The third-order valence-corrected chi connectivity index (χ3v) is 10.6. The van der Waals surface area contributed by atoms with E-state index in [1.165, 1.54) is 0 Å². The van der Waals surface area contributed by atoms with Crippen LogP contribution in [0.3, 0.4) is 0 Å². The van der Waals surface area contributed by atoms with Gasteiger partial charge < -0.3 is 21.3 Å². The van der Waals surface area contributed by atoms with Gasteiger partial charge in [0, 0.05) is 34.8 Å². The van der Waals surface area contributed by atoms with E-state index < -0.39 is 0 Å². The van der Waals surface area contributed by atoms with Gasteiger partial charge in [0.2, 0.25) is 0 Å². The highest BCUT2D eigenvalue weighted by atomic mass is 15.2. The first-order valence-corrected chi connectivity index (χ1v) is 20.6. The zero-order chi connectivity index (χ0) is 40.1. The smallest absolute Gasteiger partial charge is 0.0509 e. The van der Waals surface area contributed by atoms with Gasteiger partial charge in [-0.15, -0.1) is 0 Å². The quantitative estimate of drug-likeness (QED) is 0.0964. The summed E-state index contributed by atoms with van der Waals surface area (Å²) in [6.45, 7) is 4.37. The molecule has 0 radical (unpaired) electrons. The minimum atomic E-state index is -0.0237. The lowest BCUT2D eigenvalue weighted by atomic mass is 9.99. The molecular weight excluding hydrogens is 705 g/mol. The Kier molecular flexibility index (Phi) is 13.4. The van der Waals surface area contributed by atoms with E-state index in [1.807, 2.05) is 0 Å². The molecule has 0 bridgehead atoms. The van der Waals surface area contributed by atoms with Crippen molar-refractivity contribution >= 4 is 58.4 Å². The number of hydrogen-bond acceptors (Lipinski definition) is 4. The zero-order valence-corrected chi connectivity index (χ0v) is 33.7. The summed E-state index contributed by atoms with van der Waals surface area (Å²) in [6.07, 6.45) is 12.6. The first kappa shape index (κ1) is 39.8. The minimum Gasteiger partial charge on any atom is -0.324 e. The van der Waals surface area contributed by atoms with Crippen LogP contribution in [0.1, 0.15) is 85.0 Å². The molecule has 0 fully saturated rings. The average molecular weight is 759 g/mol. The molecule has 0 spiro atoms. The SMILES string of the molecule is CCCC(N)c1ccccc1N(c1ccccc1)c1ccc(/C=C/c2ccc(/C=C/c3ccc(N(c4ccccc4)c4ccccc4C(N)CCC)cc3)cc2)cc1. The first-order valence-electron chi connectivity index (χ1n) is 20.6. The van der Waals surface area contributed by atoms with Gasteiger partial charge in [-0.05, 0) is 107 Å². The van der Waals surface area contributed by atoms with Crippen LogP contribution in [0, 0.1) is 0 Å². The molecule has 7 aromatic rings. The second-order valence-corrected chi connectivity index (χ2v) is 14.8. The Balaban J connectivity index is 1.04. The summed E-state index contributed by atoms with van der Waals surface area (Å²) in [4.78, 5) is 4.62. The van der Waals surface area contributed by atoms with Gasteiger partial charge in [-0.2, -0.15) is 0 Å². The number of hydrogen-bond donors (Lipinski definition) is 2. The van der Waals surface area contributed by atoms with Crippen molar-refractivity contribution in [2.24, 2.45) is 11.5 Å². The van der Waals surface area contributed by atoms with Crippen LogP contribution in [0.4, 0.5) is 34.1 Å². The first-order chi connectivity index (χ1) is 28.5. The zero-order valence-electron chi connectivity index (χ0n) is 33.7. The Labute approximate surface area is 345 Å². The lowest BCUT2D eigenvalue weighted by molar-refractivity contribution is 0.639. The highest BCUT2D eigenvalue weighted by Gasteiger charge is 2.20. The summed E-state index contributed by atoms with van der Waals surface area (Å²) in [7, 11) is 0. The second kappa shape index (κ2) is 19.6. The number of nitrogens with zero attached hydrogens (tertiary/aromatic N) is 2. The molecule has 290 valence electrons. The van der Waals surface area contributed by atoms with Crippen LogP contribution in [0.2, 0.25) is 0 Å². The van der Waals surface area contributed by atoms with E-state index >= 15 is 0 Å². The Hall–Kier alpha value is -6.46. The molecule has 0 aromatic heterocycles. The number of benzene rings is 7. The van der Waals surface area contributed by atoms with E-state index in [0.717, 1.165) is 93.2 Å². The predicted molar refractivity (Wildman–Crippen MR) is 250 cm³/mol. The summed E-state index contributed by atoms with van der Waals surface area (Å²) in [5.74, 6) is 0. The summed E-state index contributed by atoms with van der Waals surface area (Å²) in [5, 5.41) is 0. The molecular formula is C54H54N4. The van der Waals surface area contributed by atoms with E-state index in [0.29, 0.717) is 0 Å². The minimum absolute atomic E-state index is 0.0237. The molecule has 0 aliphatic carbocycles. The van der Waals surface area contributed by atoms with E-state index in [2.05, 4.69) is 230 Å². The number of anilines is 6. The molecule has 0 aliphatic heterocycles.